The molecule has 1 aliphatic rings. The number of carbonyl (C=O) groups excluding carboxylic acids is 2. The fourth-order valence-electron chi connectivity index (χ4n) is 2.14. The molecule has 0 N–H and O–H groups in total. The van der Waals surface area contributed by atoms with E-state index in [0.29, 0.717) is 12.8 Å². The van der Waals surface area contributed by atoms with Crippen molar-refractivity contribution in [2.75, 3.05) is 0 Å². The van der Waals surface area contributed by atoms with Crippen molar-refractivity contribution in [3.8, 4) is 5.75 Å². The summed E-state index contributed by atoms with van der Waals surface area (Å²) in [5, 5.41) is 0. The summed E-state index contributed by atoms with van der Waals surface area (Å²) in [5.74, 6) is -0.199. The minimum Gasteiger partial charge on any atom is -0.435 e. The number of ketones is 2. The Morgan fingerprint density at radius 1 is 1.06 bits per heavy atom. The van der Waals surface area contributed by atoms with Crippen LogP contribution in [0.2, 0.25) is 0 Å². The van der Waals surface area contributed by atoms with Crippen molar-refractivity contribution in [1.29, 1.82) is 0 Å². The van der Waals surface area contributed by atoms with E-state index in [9.17, 15) is 18.4 Å². The monoisotopic (exact) mass is 254 g/mol. The maximum absolute atomic E-state index is 12.0. The van der Waals surface area contributed by atoms with Gasteiger partial charge < -0.3 is 4.74 Å². The van der Waals surface area contributed by atoms with Crippen molar-refractivity contribution >= 4 is 11.6 Å². The summed E-state index contributed by atoms with van der Waals surface area (Å²) in [6, 6.07) is 6.08. The molecule has 0 aliphatic heterocycles. The van der Waals surface area contributed by atoms with Gasteiger partial charge in [0.05, 0.1) is 6.42 Å². The van der Waals surface area contributed by atoms with Gasteiger partial charge in [0, 0.05) is 12.8 Å². The van der Waals surface area contributed by atoms with Crippen LogP contribution in [0.25, 0.3) is 0 Å². The second-order valence-electron chi connectivity index (χ2n) is 4.31. The summed E-state index contributed by atoms with van der Waals surface area (Å²) in [7, 11) is 0. The lowest BCUT2D eigenvalue weighted by molar-refractivity contribution is -0.130. The van der Waals surface area contributed by atoms with E-state index in [0.717, 1.165) is 5.56 Å². The molecular formula is C13H12F2O3. The fraction of sp³-hybridized carbons (Fsp3) is 0.385. The van der Waals surface area contributed by atoms with E-state index in [4.69, 9.17) is 0 Å². The van der Waals surface area contributed by atoms with Gasteiger partial charge in [-0.25, -0.2) is 0 Å². The van der Waals surface area contributed by atoms with Gasteiger partial charge in [0.25, 0.3) is 0 Å². The molecule has 0 spiro atoms. The molecule has 0 atom stereocenters. The Kier molecular flexibility index (Phi) is 3.69. The number of hydrogen-bond acceptors (Lipinski definition) is 3. The number of alkyl halides is 2. The second-order valence-corrected chi connectivity index (χ2v) is 4.31. The smallest absolute Gasteiger partial charge is 0.387 e. The molecule has 0 saturated heterocycles. The van der Waals surface area contributed by atoms with Crippen LogP contribution in [-0.4, -0.2) is 18.2 Å². The summed E-state index contributed by atoms with van der Waals surface area (Å²) in [6.07, 6.45) is 0.685. The quantitative estimate of drug-likeness (QED) is 0.779. The van der Waals surface area contributed by atoms with Crippen molar-refractivity contribution in [3.05, 3.63) is 29.8 Å². The molecule has 0 heterocycles. The normalized spacial score (nSPS) is 17.3. The minimum atomic E-state index is -2.85. The van der Waals surface area contributed by atoms with Crippen molar-refractivity contribution in [1.82, 2.24) is 0 Å². The Morgan fingerprint density at radius 3 is 2.11 bits per heavy atom. The first kappa shape index (κ1) is 12.7. The van der Waals surface area contributed by atoms with E-state index < -0.39 is 6.61 Å². The van der Waals surface area contributed by atoms with Crippen molar-refractivity contribution in [3.63, 3.8) is 0 Å². The van der Waals surface area contributed by atoms with Crippen LogP contribution >= 0.6 is 0 Å². The molecule has 1 aromatic carbocycles. The van der Waals surface area contributed by atoms with E-state index in [1.165, 1.54) is 12.1 Å². The van der Waals surface area contributed by atoms with Crippen molar-refractivity contribution in [2.24, 2.45) is 0 Å². The van der Waals surface area contributed by atoms with Gasteiger partial charge in [-0.3, -0.25) is 9.59 Å². The van der Waals surface area contributed by atoms with Crippen molar-refractivity contribution < 1.29 is 23.1 Å². The first-order valence-electron chi connectivity index (χ1n) is 5.63. The predicted molar refractivity (Wildman–Crippen MR) is 59.7 cm³/mol. The van der Waals surface area contributed by atoms with Crippen LogP contribution in [0.3, 0.4) is 0 Å². The van der Waals surface area contributed by atoms with Gasteiger partial charge in [0.2, 0.25) is 0 Å². The molecule has 5 heteroatoms. The molecule has 96 valence electrons. The highest BCUT2D eigenvalue weighted by atomic mass is 19.3. The van der Waals surface area contributed by atoms with Crippen LogP contribution in [-0.2, 0) is 9.59 Å². The number of benzene rings is 1. The summed E-state index contributed by atoms with van der Waals surface area (Å²) in [5.41, 5.74) is 0.804. The van der Waals surface area contributed by atoms with Crippen molar-refractivity contribution in [2.45, 2.75) is 31.8 Å². The third-order valence-electron chi connectivity index (χ3n) is 2.92. The molecule has 0 amide bonds. The number of carbonyl (C=O) groups is 2. The Balaban J connectivity index is 2.09. The predicted octanol–water partition coefficient (Wildman–Crippen LogP) is 2.69. The minimum absolute atomic E-state index is 0.0169. The summed E-state index contributed by atoms with van der Waals surface area (Å²) in [6.45, 7) is -2.85. The third kappa shape index (κ3) is 3.12. The SMILES string of the molecule is O=C1CC(=O)CC(c2ccc(OC(F)F)cc2)C1. The van der Waals surface area contributed by atoms with Crippen LogP contribution in [0.4, 0.5) is 8.78 Å². The largest absolute Gasteiger partial charge is 0.435 e. The van der Waals surface area contributed by atoms with Gasteiger partial charge in [-0.1, -0.05) is 12.1 Å². The van der Waals surface area contributed by atoms with Crippen LogP contribution in [0.15, 0.2) is 24.3 Å². The van der Waals surface area contributed by atoms with Crippen LogP contribution < -0.4 is 4.74 Å². The molecule has 18 heavy (non-hydrogen) atoms. The first-order chi connectivity index (χ1) is 8.54. The zero-order chi connectivity index (χ0) is 13.1. The standard InChI is InChI=1S/C13H12F2O3/c14-13(15)18-12-3-1-8(2-4-12)9-5-10(16)7-11(17)6-9/h1-4,9,13H,5-7H2. The highest BCUT2D eigenvalue weighted by Crippen LogP contribution is 2.30. The number of Topliss-reactive ketones (excluding diaryl/α,β-unsaturated/α-hetero) is 2. The lowest BCUT2D eigenvalue weighted by atomic mass is 9.83. The zero-order valence-electron chi connectivity index (χ0n) is 9.57. The number of halogens is 2. The molecular weight excluding hydrogens is 242 g/mol. The Morgan fingerprint density at radius 2 is 1.61 bits per heavy atom. The fourth-order valence-corrected chi connectivity index (χ4v) is 2.14. The van der Waals surface area contributed by atoms with E-state index in [-0.39, 0.29) is 29.7 Å². The maximum Gasteiger partial charge on any atom is 0.387 e. The summed E-state index contributed by atoms with van der Waals surface area (Å²) >= 11 is 0. The molecule has 1 aliphatic carbocycles. The van der Waals surface area contributed by atoms with Gasteiger partial charge in [0.1, 0.15) is 17.3 Å². The summed E-state index contributed by atoms with van der Waals surface area (Å²) in [4.78, 5) is 22.6. The van der Waals surface area contributed by atoms with Gasteiger partial charge in [-0.05, 0) is 23.6 Å². The molecule has 0 radical (unpaired) electrons. The van der Waals surface area contributed by atoms with E-state index >= 15 is 0 Å². The molecule has 0 aromatic heterocycles. The molecule has 1 aromatic rings. The van der Waals surface area contributed by atoms with E-state index in [1.807, 2.05) is 0 Å². The molecule has 1 saturated carbocycles. The van der Waals surface area contributed by atoms with Crippen LogP contribution in [0, 0.1) is 0 Å². The van der Waals surface area contributed by atoms with Gasteiger partial charge in [-0.15, -0.1) is 0 Å². The number of ether oxygens (including phenoxy) is 1. The van der Waals surface area contributed by atoms with E-state index in [1.54, 1.807) is 12.1 Å². The summed E-state index contributed by atoms with van der Waals surface area (Å²) < 4.78 is 28.2. The molecule has 1 fully saturated rings. The average Bonchev–Trinajstić information content (AvgIpc) is 2.27. The number of rotatable bonds is 3. The Labute approximate surface area is 103 Å². The first-order valence-corrected chi connectivity index (χ1v) is 5.63. The van der Waals surface area contributed by atoms with E-state index in [2.05, 4.69) is 4.74 Å². The van der Waals surface area contributed by atoms with Crippen LogP contribution in [0.1, 0.15) is 30.7 Å². The van der Waals surface area contributed by atoms with Gasteiger partial charge in [-0.2, -0.15) is 8.78 Å². The molecule has 0 bridgehead atoms. The lowest BCUT2D eigenvalue weighted by Gasteiger charge is -2.20. The van der Waals surface area contributed by atoms with Gasteiger partial charge in [0.15, 0.2) is 0 Å². The third-order valence-corrected chi connectivity index (χ3v) is 2.92. The Bertz CT molecular complexity index is 438. The highest BCUT2D eigenvalue weighted by molar-refractivity contribution is 6.02. The Hall–Kier alpha value is -1.78. The number of hydrogen-bond donors (Lipinski definition) is 0. The lowest BCUT2D eigenvalue weighted by Crippen LogP contribution is -2.21. The second kappa shape index (κ2) is 5.25. The topological polar surface area (TPSA) is 43.4 Å². The average molecular weight is 254 g/mol. The molecule has 0 unspecified atom stereocenters. The molecule has 2 rings (SSSR count). The zero-order valence-corrected chi connectivity index (χ0v) is 9.57. The highest BCUT2D eigenvalue weighted by Gasteiger charge is 2.26. The van der Waals surface area contributed by atoms with Gasteiger partial charge >= 0.3 is 6.61 Å². The van der Waals surface area contributed by atoms with Crippen LogP contribution in [0.5, 0.6) is 5.75 Å². The maximum atomic E-state index is 12.0. The molecule has 3 nitrogen and oxygen atoms in total.